The van der Waals surface area contributed by atoms with E-state index in [9.17, 15) is 0 Å². The first-order valence-corrected chi connectivity index (χ1v) is 1.02. The minimum atomic E-state index is 0. The molecule has 3 heteroatoms. The number of aliphatic hydroxyl groups excluding tert-OH is 1. The molecule has 0 aliphatic heterocycles. The van der Waals surface area contributed by atoms with Crippen LogP contribution in [0.3, 0.4) is 0 Å². The predicted octanol–water partition coefficient (Wildman–Crippen LogP) is 0.115. The van der Waals surface area contributed by atoms with Gasteiger partial charge in [-0.25, -0.2) is 0 Å². The third-order valence-electron chi connectivity index (χ3n) is 0. The van der Waals surface area contributed by atoms with Crippen molar-refractivity contribution in [2.24, 2.45) is 0 Å². The Labute approximate surface area is 39.4 Å². The van der Waals surface area contributed by atoms with Crippen LogP contribution in [-0.2, 0) is 0 Å². The normalized spacial score (nSPS) is 3.60. The van der Waals surface area contributed by atoms with Crippen molar-refractivity contribution in [2.75, 3.05) is 6.61 Å². The summed E-state index contributed by atoms with van der Waals surface area (Å²) < 4.78 is 0. The summed E-state index contributed by atoms with van der Waals surface area (Å²) in [5.74, 6) is 0. The van der Waals surface area contributed by atoms with Gasteiger partial charge in [-0.1, -0.05) is 0 Å². The maximum atomic E-state index is 7.57. The summed E-state index contributed by atoms with van der Waals surface area (Å²) in [5.41, 5.74) is 0. The highest BCUT2D eigenvalue weighted by Crippen LogP contribution is 1.30. The molecule has 0 spiro atoms. The van der Waals surface area contributed by atoms with Crippen LogP contribution < -0.4 is 0 Å². The van der Waals surface area contributed by atoms with Crippen LogP contribution in [0.15, 0.2) is 0 Å². The average Bonchev–Trinajstić information content (AvgIpc) is 0.918. The van der Waals surface area contributed by atoms with Crippen molar-refractivity contribution in [2.45, 2.75) is 6.92 Å². The van der Waals surface area contributed by atoms with E-state index in [4.69, 9.17) is 5.11 Å². The third-order valence-corrected chi connectivity index (χ3v) is 0. The first-order chi connectivity index (χ1) is 1.41. The van der Waals surface area contributed by atoms with Gasteiger partial charge in [0.15, 0.2) is 0 Å². The Balaban J connectivity index is -0.0000000200. The van der Waals surface area contributed by atoms with Crippen LogP contribution in [0.1, 0.15) is 6.92 Å². The second kappa shape index (κ2) is 21.2. The number of hydrogen-bond donors (Lipinski definition) is 1. The summed E-state index contributed by atoms with van der Waals surface area (Å²) in [5, 5.41) is 7.57. The molecule has 0 rings (SSSR count). The van der Waals surface area contributed by atoms with E-state index in [1.165, 1.54) is 0 Å². The van der Waals surface area contributed by atoms with Crippen LogP contribution in [0.2, 0.25) is 0 Å². The van der Waals surface area contributed by atoms with Crippen LogP contribution in [-0.4, -0.2) is 11.7 Å². The highest BCUT2D eigenvalue weighted by Gasteiger charge is 1.34. The van der Waals surface area contributed by atoms with E-state index in [1.54, 1.807) is 6.92 Å². The minimum Gasteiger partial charge on any atom is -0.397 e. The maximum Gasteiger partial charge on any atom is 0.0402 e. The van der Waals surface area contributed by atoms with E-state index in [1.807, 2.05) is 0 Å². The first kappa shape index (κ1) is 17.0. The Morgan fingerprint density at radius 2 is 1.40 bits per heavy atom. The third kappa shape index (κ3) is 57.0. The molecule has 2 atom stereocenters. The summed E-state index contributed by atoms with van der Waals surface area (Å²) in [7, 11) is 0. The van der Waals surface area contributed by atoms with Gasteiger partial charge >= 0.3 is 0 Å². The van der Waals surface area contributed by atoms with Gasteiger partial charge in [0, 0.05) is 6.61 Å². The topological polar surface area (TPSA) is 20.2 Å². The molecular formula is C2H12OP2. The van der Waals surface area contributed by atoms with E-state index in [0.717, 1.165) is 0 Å². The lowest BCUT2D eigenvalue weighted by Gasteiger charge is -1.52. The summed E-state index contributed by atoms with van der Waals surface area (Å²) >= 11 is 0. The molecule has 36 valence electrons. The fourth-order valence-electron chi connectivity index (χ4n) is 0. The van der Waals surface area contributed by atoms with E-state index in [0.29, 0.717) is 0 Å². The molecule has 0 bridgehead atoms. The standard InChI is InChI=1S/C2H6O.2H3P/c1-2-3;;/h3H,2H2,1H3;2*1H3. The Morgan fingerprint density at radius 1 is 1.40 bits per heavy atom. The zero-order valence-corrected chi connectivity index (χ0v) is 6.40. The molecule has 1 N–H and O–H groups in total. The van der Waals surface area contributed by atoms with Crippen molar-refractivity contribution in [3.8, 4) is 0 Å². The van der Waals surface area contributed by atoms with Crippen molar-refractivity contribution in [3.63, 3.8) is 0 Å². The maximum absolute atomic E-state index is 7.57. The van der Waals surface area contributed by atoms with Gasteiger partial charge in [0.2, 0.25) is 0 Å². The molecule has 0 fully saturated rings. The molecule has 0 amide bonds. The molecule has 0 saturated carbocycles. The van der Waals surface area contributed by atoms with Crippen LogP contribution >= 0.6 is 19.8 Å². The fraction of sp³-hybridized carbons (Fsp3) is 1.00. The Bertz CT molecular complexity index is 7.61. The first-order valence-electron chi connectivity index (χ1n) is 1.02. The molecule has 0 aliphatic rings. The van der Waals surface area contributed by atoms with Gasteiger partial charge in [-0.05, 0) is 6.92 Å². The SMILES string of the molecule is CCO.P.P. The Kier molecular flexibility index (Phi) is 72.2. The van der Waals surface area contributed by atoms with E-state index < -0.39 is 0 Å². The highest BCUT2D eigenvalue weighted by molar-refractivity contribution is 6.92. The summed E-state index contributed by atoms with van der Waals surface area (Å²) in [6.45, 7) is 1.93. The molecule has 1 nitrogen and oxygen atoms in total. The molecule has 0 aliphatic carbocycles. The zero-order chi connectivity index (χ0) is 2.71. The number of hydrogen-bond acceptors (Lipinski definition) is 1. The quantitative estimate of drug-likeness (QED) is 0.443. The summed E-state index contributed by atoms with van der Waals surface area (Å²) in [6.07, 6.45) is 0. The molecule has 5 heavy (non-hydrogen) atoms. The lowest BCUT2D eigenvalue weighted by atomic mass is 10.9. The van der Waals surface area contributed by atoms with Gasteiger partial charge < -0.3 is 5.11 Å². The minimum absolute atomic E-state index is 0. The van der Waals surface area contributed by atoms with Crippen molar-refractivity contribution >= 4 is 19.8 Å². The smallest absolute Gasteiger partial charge is 0.0402 e. The monoisotopic (exact) mass is 114 g/mol. The van der Waals surface area contributed by atoms with Gasteiger partial charge in [-0.15, -0.1) is 0 Å². The van der Waals surface area contributed by atoms with Gasteiger partial charge in [0.25, 0.3) is 0 Å². The molecule has 0 aromatic carbocycles. The van der Waals surface area contributed by atoms with Gasteiger partial charge in [-0.3, -0.25) is 0 Å². The van der Waals surface area contributed by atoms with Crippen molar-refractivity contribution in [1.29, 1.82) is 0 Å². The lowest BCUT2D eigenvalue weighted by molar-refractivity contribution is 0.318. The number of aliphatic hydroxyl groups is 1. The Hall–Kier alpha value is 0.820. The number of rotatable bonds is 0. The molecule has 0 heterocycles. The second-order valence-electron chi connectivity index (χ2n) is 0.316. The fourth-order valence-corrected chi connectivity index (χ4v) is 0. The summed E-state index contributed by atoms with van der Waals surface area (Å²) in [4.78, 5) is 0. The molecule has 0 aromatic heterocycles. The molecule has 0 radical (unpaired) electrons. The van der Waals surface area contributed by atoms with Crippen molar-refractivity contribution in [1.82, 2.24) is 0 Å². The average molecular weight is 114 g/mol. The van der Waals surface area contributed by atoms with E-state index in [2.05, 4.69) is 0 Å². The van der Waals surface area contributed by atoms with Crippen LogP contribution in [0.25, 0.3) is 0 Å². The van der Waals surface area contributed by atoms with Crippen molar-refractivity contribution in [3.05, 3.63) is 0 Å². The molecule has 0 aromatic rings. The van der Waals surface area contributed by atoms with Crippen molar-refractivity contribution < 1.29 is 5.11 Å². The largest absolute Gasteiger partial charge is 0.397 e. The van der Waals surface area contributed by atoms with E-state index >= 15 is 0 Å². The molecular weight excluding hydrogens is 102 g/mol. The van der Waals surface area contributed by atoms with Crippen LogP contribution in [0.4, 0.5) is 0 Å². The zero-order valence-electron chi connectivity index (χ0n) is 3.57. The Morgan fingerprint density at radius 3 is 1.40 bits per heavy atom. The molecule has 2 unspecified atom stereocenters. The van der Waals surface area contributed by atoms with Gasteiger partial charge in [-0.2, -0.15) is 19.8 Å². The van der Waals surface area contributed by atoms with Crippen LogP contribution in [0.5, 0.6) is 0 Å². The van der Waals surface area contributed by atoms with E-state index in [-0.39, 0.29) is 26.4 Å². The van der Waals surface area contributed by atoms with Crippen LogP contribution in [0, 0.1) is 0 Å². The molecule has 0 saturated heterocycles. The summed E-state index contributed by atoms with van der Waals surface area (Å²) in [6, 6.07) is 0. The highest BCUT2D eigenvalue weighted by atomic mass is 31.0. The van der Waals surface area contributed by atoms with Gasteiger partial charge in [0.1, 0.15) is 0 Å². The predicted molar refractivity (Wildman–Crippen MR) is 35.0 cm³/mol. The van der Waals surface area contributed by atoms with Gasteiger partial charge in [0.05, 0.1) is 0 Å². The lowest BCUT2D eigenvalue weighted by Crippen LogP contribution is -1.57. The second-order valence-corrected chi connectivity index (χ2v) is 0.316.